The smallest absolute Gasteiger partial charge is 0.322 e. The van der Waals surface area contributed by atoms with Crippen molar-refractivity contribution in [2.24, 2.45) is 0 Å². The lowest BCUT2D eigenvalue weighted by atomic mass is 10.1. The van der Waals surface area contributed by atoms with Gasteiger partial charge in [0.05, 0.1) is 7.11 Å². The van der Waals surface area contributed by atoms with Crippen molar-refractivity contribution in [2.45, 2.75) is 25.9 Å². The second kappa shape index (κ2) is 9.62. The van der Waals surface area contributed by atoms with E-state index in [4.69, 9.17) is 16.3 Å². The number of anilines is 1. The molecule has 1 heterocycles. The predicted octanol–water partition coefficient (Wildman–Crippen LogP) is 6.08. The minimum atomic E-state index is -0.137. The van der Waals surface area contributed by atoms with Crippen LogP contribution in [0.5, 0.6) is 5.75 Å². The highest BCUT2D eigenvalue weighted by Crippen LogP contribution is 2.20. The molecular formula is C22H23ClN2O2S. The fourth-order valence-electron chi connectivity index (χ4n) is 2.91. The number of carbonyl (C=O) groups excluding carboxylic acids is 1. The average Bonchev–Trinajstić information content (AvgIpc) is 3.21. The van der Waals surface area contributed by atoms with Crippen LogP contribution < -0.4 is 10.1 Å². The van der Waals surface area contributed by atoms with E-state index in [1.165, 1.54) is 4.88 Å². The minimum Gasteiger partial charge on any atom is -0.497 e. The molecule has 0 aliphatic heterocycles. The Kier molecular flexibility index (Phi) is 6.95. The lowest BCUT2D eigenvalue weighted by Gasteiger charge is -2.29. The van der Waals surface area contributed by atoms with Crippen LogP contribution >= 0.6 is 22.9 Å². The van der Waals surface area contributed by atoms with E-state index in [1.54, 1.807) is 42.7 Å². The number of halogens is 1. The third kappa shape index (κ3) is 5.50. The van der Waals surface area contributed by atoms with Crippen LogP contribution in [0.1, 0.15) is 17.4 Å². The maximum Gasteiger partial charge on any atom is 0.322 e. The monoisotopic (exact) mass is 414 g/mol. The number of nitrogens with zero attached hydrogens (tertiary/aromatic N) is 1. The summed E-state index contributed by atoms with van der Waals surface area (Å²) in [6.45, 7) is 2.58. The highest BCUT2D eigenvalue weighted by atomic mass is 35.5. The van der Waals surface area contributed by atoms with Gasteiger partial charge in [-0.2, -0.15) is 0 Å². The molecule has 0 aliphatic carbocycles. The number of urea groups is 1. The predicted molar refractivity (Wildman–Crippen MR) is 116 cm³/mol. The van der Waals surface area contributed by atoms with Crippen LogP contribution in [0.2, 0.25) is 5.02 Å². The van der Waals surface area contributed by atoms with Gasteiger partial charge in [0.25, 0.3) is 0 Å². The number of rotatable bonds is 7. The maximum atomic E-state index is 13.1. The van der Waals surface area contributed by atoms with Gasteiger partial charge in [-0.3, -0.25) is 0 Å². The molecule has 1 atom stereocenters. The van der Waals surface area contributed by atoms with E-state index in [0.717, 1.165) is 23.4 Å². The normalized spacial score (nSPS) is 11.7. The Morgan fingerprint density at radius 2 is 1.86 bits per heavy atom. The zero-order valence-electron chi connectivity index (χ0n) is 15.9. The number of ether oxygens (including phenoxy) is 1. The summed E-state index contributed by atoms with van der Waals surface area (Å²) in [5, 5.41) is 5.68. The molecule has 146 valence electrons. The molecular weight excluding hydrogens is 392 g/mol. The minimum absolute atomic E-state index is 0.0352. The number of thiophene rings is 1. The molecule has 0 aliphatic rings. The number of amides is 2. The van der Waals surface area contributed by atoms with E-state index in [-0.39, 0.29) is 12.1 Å². The van der Waals surface area contributed by atoms with Gasteiger partial charge in [0, 0.05) is 34.6 Å². The average molecular weight is 415 g/mol. The molecule has 28 heavy (non-hydrogen) atoms. The van der Waals surface area contributed by atoms with Crippen LogP contribution in [0.3, 0.4) is 0 Å². The Bertz CT molecular complexity index is 880. The van der Waals surface area contributed by atoms with Crippen molar-refractivity contribution in [2.75, 3.05) is 12.4 Å². The Balaban J connectivity index is 1.77. The third-order valence-electron chi connectivity index (χ3n) is 4.48. The molecule has 0 spiro atoms. The maximum absolute atomic E-state index is 13.1. The molecule has 0 fully saturated rings. The van der Waals surface area contributed by atoms with Gasteiger partial charge >= 0.3 is 6.03 Å². The second-order valence-corrected chi connectivity index (χ2v) is 8.01. The van der Waals surface area contributed by atoms with Gasteiger partial charge in [-0.25, -0.2) is 4.79 Å². The van der Waals surface area contributed by atoms with Crippen molar-refractivity contribution in [3.05, 3.63) is 81.5 Å². The summed E-state index contributed by atoms with van der Waals surface area (Å²) in [5.41, 5.74) is 1.77. The van der Waals surface area contributed by atoms with E-state index >= 15 is 0 Å². The lowest BCUT2D eigenvalue weighted by Crippen LogP contribution is -2.41. The third-order valence-corrected chi connectivity index (χ3v) is 5.63. The first kappa shape index (κ1) is 20.2. The molecule has 0 unspecified atom stereocenters. The van der Waals surface area contributed by atoms with Gasteiger partial charge in [-0.05, 0) is 60.3 Å². The summed E-state index contributed by atoms with van der Waals surface area (Å²) in [5.74, 6) is 0.799. The van der Waals surface area contributed by atoms with Gasteiger partial charge in [0.15, 0.2) is 0 Å². The van der Waals surface area contributed by atoms with Crippen molar-refractivity contribution in [1.82, 2.24) is 4.90 Å². The number of hydrogen-bond acceptors (Lipinski definition) is 3. The largest absolute Gasteiger partial charge is 0.497 e. The van der Waals surface area contributed by atoms with Crippen LogP contribution in [0, 0.1) is 0 Å². The highest BCUT2D eigenvalue weighted by molar-refractivity contribution is 7.09. The van der Waals surface area contributed by atoms with E-state index in [1.807, 2.05) is 35.2 Å². The lowest BCUT2D eigenvalue weighted by molar-refractivity contribution is 0.188. The molecule has 1 N–H and O–H groups in total. The first-order valence-electron chi connectivity index (χ1n) is 9.03. The standard InChI is InChI=1S/C22H23ClN2O2S/c1-16(14-21-4-3-13-28-21)25(15-17-5-11-20(27-2)12-6-17)22(26)24-19-9-7-18(23)8-10-19/h3-13,16H,14-15H2,1-2H3,(H,24,26)/t16-/m0/s1. The molecule has 0 bridgehead atoms. The molecule has 2 aromatic carbocycles. The van der Waals surface area contributed by atoms with Crippen LogP contribution in [0.15, 0.2) is 66.0 Å². The SMILES string of the molecule is COc1ccc(CN(C(=O)Nc2ccc(Cl)cc2)[C@@H](C)Cc2cccs2)cc1. The number of benzene rings is 2. The number of hydrogen-bond donors (Lipinski definition) is 1. The topological polar surface area (TPSA) is 41.6 Å². The molecule has 1 aromatic heterocycles. The molecule has 0 radical (unpaired) electrons. The molecule has 3 aromatic rings. The molecule has 6 heteroatoms. The first-order valence-corrected chi connectivity index (χ1v) is 10.3. The number of nitrogens with one attached hydrogen (secondary N) is 1. The summed E-state index contributed by atoms with van der Waals surface area (Å²) < 4.78 is 5.23. The second-order valence-electron chi connectivity index (χ2n) is 6.55. The summed E-state index contributed by atoms with van der Waals surface area (Å²) in [6.07, 6.45) is 0.807. The van der Waals surface area contributed by atoms with Crippen LogP contribution in [-0.2, 0) is 13.0 Å². The van der Waals surface area contributed by atoms with E-state index in [9.17, 15) is 4.79 Å². The van der Waals surface area contributed by atoms with Gasteiger partial charge < -0.3 is 15.0 Å². The van der Waals surface area contributed by atoms with Crippen molar-refractivity contribution < 1.29 is 9.53 Å². The van der Waals surface area contributed by atoms with E-state index in [0.29, 0.717) is 11.6 Å². The molecule has 2 amide bonds. The number of carbonyl (C=O) groups is 1. The summed E-state index contributed by atoms with van der Waals surface area (Å²) >= 11 is 7.65. The van der Waals surface area contributed by atoms with Crippen molar-refractivity contribution >= 4 is 34.7 Å². The van der Waals surface area contributed by atoms with Gasteiger partial charge in [-0.15, -0.1) is 11.3 Å². The Labute approximate surface area is 174 Å². The Hall–Kier alpha value is -2.50. The fourth-order valence-corrected chi connectivity index (χ4v) is 3.87. The van der Waals surface area contributed by atoms with Crippen LogP contribution in [-0.4, -0.2) is 24.1 Å². The Morgan fingerprint density at radius 1 is 1.14 bits per heavy atom. The first-order chi connectivity index (χ1) is 13.5. The van der Waals surface area contributed by atoms with Crippen LogP contribution in [0.4, 0.5) is 10.5 Å². The zero-order valence-corrected chi connectivity index (χ0v) is 17.5. The summed E-state index contributed by atoms with van der Waals surface area (Å²) in [7, 11) is 1.64. The number of methoxy groups -OCH3 is 1. The fraction of sp³-hybridized carbons (Fsp3) is 0.227. The van der Waals surface area contributed by atoms with Crippen molar-refractivity contribution in [3.63, 3.8) is 0 Å². The molecule has 3 rings (SSSR count). The zero-order chi connectivity index (χ0) is 19.9. The highest BCUT2D eigenvalue weighted by Gasteiger charge is 2.21. The summed E-state index contributed by atoms with van der Waals surface area (Å²) in [6, 6.07) is 19.0. The summed E-state index contributed by atoms with van der Waals surface area (Å²) in [4.78, 5) is 16.2. The molecule has 4 nitrogen and oxygen atoms in total. The molecule has 0 saturated heterocycles. The van der Waals surface area contributed by atoms with E-state index in [2.05, 4.69) is 23.7 Å². The quantitative estimate of drug-likeness (QED) is 0.509. The van der Waals surface area contributed by atoms with E-state index < -0.39 is 0 Å². The van der Waals surface area contributed by atoms with Crippen molar-refractivity contribution in [3.8, 4) is 5.75 Å². The van der Waals surface area contributed by atoms with Gasteiger partial charge in [-0.1, -0.05) is 29.8 Å². The molecule has 0 saturated carbocycles. The van der Waals surface area contributed by atoms with Crippen molar-refractivity contribution in [1.29, 1.82) is 0 Å². The van der Waals surface area contributed by atoms with Crippen LogP contribution in [0.25, 0.3) is 0 Å². The van der Waals surface area contributed by atoms with Gasteiger partial charge in [0.1, 0.15) is 5.75 Å². The Morgan fingerprint density at radius 3 is 2.46 bits per heavy atom. The van der Waals surface area contributed by atoms with Gasteiger partial charge in [0.2, 0.25) is 0 Å².